The van der Waals surface area contributed by atoms with Crippen LogP contribution in [0.25, 0.3) is 0 Å². The predicted molar refractivity (Wildman–Crippen MR) is 63.8 cm³/mol. The Morgan fingerprint density at radius 3 is 2.75 bits per heavy atom. The number of nitriles is 1. The van der Waals surface area contributed by atoms with Gasteiger partial charge < -0.3 is 0 Å². The molecular weight excluding hydrogens is 196 g/mol. The Morgan fingerprint density at radius 1 is 1.31 bits per heavy atom. The van der Waals surface area contributed by atoms with Crippen LogP contribution in [-0.2, 0) is 0 Å². The van der Waals surface area contributed by atoms with Crippen LogP contribution in [-0.4, -0.2) is 4.98 Å². The highest BCUT2D eigenvalue weighted by molar-refractivity contribution is 5.16. The van der Waals surface area contributed by atoms with E-state index in [0.29, 0.717) is 0 Å². The van der Waals surface area contributed by atoms with E-state index in [4.69, 9.17) is 0 Å². The van der Waals surface area contributed by atoms with Crippen molar-refractivity contribution in [2.75, 3.05) is 0 Å². The first-order valence-electron chi connectivity index (χ1n) is 6.20. The Morgan fingerprint density at radius 2 is 2.12 bits per heavy atom. The van der Waals surface area contributed by atoms with Crippen molar-refractivity contribution in [1.29, 1.82) is 5.26 Å². The largest absolute Gasteiger partial charge is 0.260 e. The average Bonchev–Trinajstić information content (AvgIpc) is 2.38. The first-order chi connectivity index (χ1) is 7.90. The highest BCUT2D eigenvalue weighted by atomic mass is 14.7. The van der Waals surface area contributed by atoms with Crippen LogP contribution in [0.5, 0.6) is 0 Å². The van der Waals surface area contributed by atoms with Gasteiger partial charge in [0.05, 0.1) is 17.7 Å². The molecule has 1 atom stereocenters. The number of rotatable bonds is 3. The van der Waals surface area contributed by atoms with Gasteiger partial charge >= 0.3 is 0 Å². The van der Waals surface area contributed by atoms with Gasteiger partial charge in [0.15, 0.2) is 0 Å². The summed E-state index contributed by atoms with van der Waals surface area (Å²) in [6.07, 6.45) is 9.41. The third kappa shape index (κ3) is 2.82. The standard InChI is InChI=1S/C14H18N2/c15-11-13(14-8-4-5-9-16-14)10-12-6-2-1-3-7-12/h4-5,8-9,12-13H,1-3,6-7,10H2/t13-/m0/s1. The Kier molecular flexibility index (Phi) is 3.93. The zero-order valence-electron chi connectivity index (χ0n) is 9.60. The number of hydrogen-bond donors (Lipinski definition) is 0. The molecule has 1 aromatic heterocycles. The number of hydrogen-bond acceptors (Lipinski definition) is 2. The molecule has 1 aromatic rings. The van der Waals surface area contributed by atoms with Gasteiger partial charge in [-0.2, -0.15) is 5.26 Å². The van der Waals surface area contributed by atoms with Gasteiger partial charge in [0.25, 0.3) is 0 Å². The van der Waals surface area contributed by atoms with Crippen LogP contribution < -0.4 is 0 Å². The van der Waals surface area contributed by atoms with E-state index in [-0.39, 0.29) is 5.92 Å². The molecule has 1 aliphatic rings. The molecule has 0 aromatic carbocycles. The van der Waals surface area contributed by atoms with Crippen LogP contribution >= 0.6 is 0 Å². The van der Waals surface area contributed by atoms with E-state index in [2.05, 4.69) is 11.1 Å². The summed E-state index contributed by atoms with van der Waals surface area (Å²) in [6, 6.07) is 8.24. The molecule has 0 N–H and O–H groups in total. The molecule has 1 aliphatic carbocycles. The first kappa shape index (κ1) is 11.1. The van der Waals surface area contributed by atoms with Crippen molar-refractivity contribution < 1.29 is 0 Å². The van der Waals surface area contributed by atoms with E-state index in [1.165, 1.54) is 32.1 Å². The minimum absolute atomic E-state index is 0.00991. The lowest BCUT2D eigenvalue weighted by atomic mass is 9.82. The Hall–Kier alpha value is -1.36. The van der Waals surface area contributed by atoms with Crippen LogP contribution in [0, 0.1) is 17.2 Å². The fraction of sp³-hybridized carbons (Fsp3) is 0.571. The lowest BCUT2D eigenvalue weighted by Gasteiger charge is -2.23. The number of aromatic nitrogens is 1. The molecule has 2 rings (SSSR count). The molecule has 0 amide bonds. The van der Waals surface area contributed by atoms with E-state index < -0.39 is 0 Å². The summed E-state index contributed by atoms with van der Waals surface area (Å²) in [5, 5.41) is 9.22. The molecule has 0 bridgehead atoms. The van der Waals surface area contributed by atoms with Crippen LogP contribution in [0.3, 0.4) is 0 Å². The van der Waals surface area contributed by atoms with Gasteiger partial charge in [-0.15, -0.1) is 0 Å². The summed E-state index contributed by atoms with van der Waals surface area (Å²) in [5.41, 5.74) is 0.940. The minimum atomic E-state index is -0.00991. The maximum atomic E-state index is 9.22. The lowest BCUT2D eigenvalue weighted by Crippen LogP contribution is -2.11. The number of pyridine rings is 1. The second kappa shape index (κ2) is 5.65. The quantitative estimate of drug-likeness (QED) is 0.770. The molecule has 0 saturated heterocycles. The summed E-state index contributed by atoms with van der Waals surface area (Å²) in [5.74, 6) is 0.727. The van der Waals surface area contributed by atoms with E-state index in [0.717, 1.165) is 18.0 Å². The Balaban J connectivity index is 1.98. The van der Waals surface area contributed by atoms with Crippen molar-refractivity contribution in [3.63, 3.8) is 0 Å². The fourth-order valence-corrected chi connectivity index (χ4v) is 2.58. The van der Waals surface area contributed by atoms with E-state index in [1.54, 1.807) is 6.20 Å². The van der Waals surface area contributed by atoms with Gasteiger partial charge in [0.2, 0.25) is 0 Å². The summed E-state index contributed by atoms with van der Waals surface area (Å²) >= 11 is 0. The molecule has 84 valence electrons. The zero-order valence-corrected chi connectivity index (χ0v) is 9.60. The fourth-order valence-electron chi connectivity index (χ4n) is 2.58. The van der Waals surface area contributed by atoms with Gasteiger partial charge in [-0.25, -0.2) is 0 Å². The third-order valence-corrected chi connectivity index (χ3v) is 3.49. The van der Waals surface area contributed by atoms with Crippen LogP contribution in [0.2, 0.25) is 0 Å². The molecule has 0 radical (unpaired) electrons. The van der Waals surface area contributed by atoms with Crippen LogP contribution in [0.1, 0.15) is 50.1 Å². The summed E-state index contributed by atoms with van der Waals surface area (Å²) in [4.78, 5) is 4.29. The smallest absolute Gasteiger partial charge is 0.0887 e. The van der Waals surface area contributed by atoms with E-state index in [9.17, 15) is 5.26 Å². The SMILES string of the molecule is N#C[C@H](CC1CCCCC1)c1ccccn1. The predicted octanol–water partition coefficient (Wildman–Crippen LogP) is 3.66. The molecule has 2 nitrogen and oxygen atoms in total. The normalized spacial score (nSPS) is 18.9. The first-order valence-corrected chi connectivity index (χ1v) is 6.20. The van der Waals surface area contributed by atoms with Gasteiger partial charge in [-0.3, -0.25) is 4.98 Å². The molecular formula is C14H18N2. The van der Waals surface area contributed by atoms with E-state index in [1.807, 2.05) is 18.2 Å². The molecule has 16 heavy (non-hydrogen) atoms. The van der Waals surface area contributed by atoms with Crippen LogP contribution in [0.4, 0.5) is 0 Å². The molecule has 0 spiro atoms. The van der Waals surface area contributed by atoms with Gasteiger partial charge in [0, 0.05) is 6.20 Å². The van der Waals surface area contributed by atoms with Crippen molar-refractivity contribution in [3.05, 3.63) is 30.1 Å². The second-order valence-electron chi connectivity index (χ2n) is 4.68. The van der Waals surface area contributed by atoms with Gasteiger partial charge in [-0.1, -0.05) is 38.2 Å². The summed E-state index contributed by atoms with van der Waals surface area (Å²) in [6.45, 7) is 0. The molecule has 1 heterocycles. The van der Waals surface area contributed by atoms with Gasteiger partial charge in [-0.05, 0) is 24.5 Å². The van der Waals surface area contributed by atoms with Crippen molar-refractivity contribution in [2.24, 2.45) is 5.92 Å². The highest BCUT2D eigenvalue weighted by Gasteiger charge is 2.20. The van der Waals surface area contributed by atoms with Crippen molar-refractivity contribution >= 4 is 0 Å². The lowest BCUT2D eigenvalue weighted by molar-refractivity contribution is 0.330. The van der Waals surface area contributed by atoms with Crippen molar-refractivity contribution in [2.45, 2.75) is 44.4 Å². The Labute approximate surface area is 97.3 Å². The van der Waals surface area contributed by atoms with Crippen molar-refractivity contribution in [1.82, 2.24) is 4.98 Å². The third-order valence-electron chi connectivity index (χ3n) is 3.49. The van der Waals surface area contributed by atoms with Crippen LogP contribution in [0.15, 0.2) is 24.4 Å². The monoisotopic (exact) mass is 214 g/mol. The zero-order chi connectivity index (χ0) is 11.2. The maximum Gasteiger partial charge on any atom is 0.0887 e. The Bertz CT molecular complexity index is 347. The highest BCUT2D eigenvalue weighted by Crippen LogP contribution is 2.31. The minimum Gasteiger partial charge on any atom is -0.260 e. The van der Waals surface area contributed by atoms with Gasteiger partial charge in [0.1, 0.15) is 0 Å². The summed E-state index contributed by atoms with van der Waals surface area (Å²) < 4.78 is 0. The maximum absolute atomic E-state index is 9.22. The molecule has 1 fully saturated rings. The van der Waals surface area contributed by atoms with E-state index >= 15 is 0 Å². The molecule has 2 heteroatoms. The second-order valence-corrected chi connectivity index (χ2v) is 4.68. The molecule has 0 unspecified atom stereocenters. The molecule has 1 saturated carbocycles. The molecule has 0 aliphatic heterocycles. The topological polar surface area (TPSA) is 36.7 Å². The number of nitrogens with zero attached hydrogens (tertiary/aromatic N) is 2. The summed E-state index contributed by atoms with van der Waals surface area (Å²) in [7, 11) is 0. The average molecular weight is 214 g/mol. The van der Waals surface area contributed by atoms with Crippen molar-refractivity contribution in [3.8, 4) is 6.07 Å².